The first-order chi connectivity index (χ1) is 12.6. The Morgan fingerprint density at radius 3 is 2.65 bits per heavy atom. The number of rotatable bonds is 2. The normalized spacial score (nSPS) is 17.0. The van der Waals surface area contributed by atoms with Gasteiger partial charge in [-0.3, -0.25) is 14.3 Å². The second-order valence-corrected chi connectivity index (χ2v) is 6.62. The molecular formula is C19H16ClN3O3. The summed E-state index contributed by atoms with van der Waals surface area (Å²) in [7, 11) is 0. The van der Waals surface area contributed by atoms with E-state index in [1.807, 2.05) is 18.2 Å². The number of benzene rings is 2. The highest BCUT2D eigenvalue weighted by Crippen LogP contribution is 2.32. The van der Waals surface area contributed by atoms with Crippen LogP contribution in [0, 0.1) is 0 Å². The zero-order valence-electron chi connectivity index (χ0n) is 13.8. The highest BCUT2D eigenvalue weighted by molar-refractivity contribution is 6.35. The van der Waals surface area contributed by atoms with Crippen LogP contribution in [0.3, 0.4) is 0 Å². The summed E-state index contributed by atoms with van der Waals surface area (Å²) in [6.07, 6.45) is 0.347. The number of carboxylic acid groups (broad SMARTS) is 1. The Bertz CT molecular complexity index is 1050. The Kier molecular flexibility index (Phi) is 4.12. The number of halogens is 1. The monoisotopic (exact) mass is 369 g/mol. The quantitative estimate of drug-likeness (QED) is 0.744. The molecule has 1 saturated heterocycles. The van der Waals surface area contributed by atoms with Crippen LogP contribution in [-0.2, 0) is 0 Å². The lowest BCUT2D eigenvalue weighted by Gasteiger charge is -2.24. The number of likely N-dealkylation sites (tertiary alicyclic amines) is 1. The van der Waals surface area contributed by atoms with Gasteiger partial charge < -0.3 is 5.11 Å². The zero-order chi connectivity index (χ0) is 18.3. The van der Waals surface area contributed by atoms with Gasteiger partial charge in [0.05, 0.1) is 27.7 Å². The molecule has 1 aliphatic rings. The molecule has 2 aromatic carbocycles. The van der Waals surface area contributed by atoms with Crippen molar-refractivity contribution in [3.05, 3.63) is 69.7 Å². The molecule has 1 aromatic heterocycles. The zero-order valence-corrected chi connectivity index (χ0v) is 14.6. The summed E-state index contributed by atoms with van der Waals surface area (Å²) in [5, 5.41) is 10.2. The molecule has 1 N–H and O–H groups in total. The Morgan fingerprint density at radius 2 is 1.92 bits per heavy atom. The van der Waals surface area contributed by atoms with Crippen molar-refractivity contribution in [2.24, 2.45) is 0 Å². The van der Waals surface area contributed by atoms with Gasteiger partial charge in [-0.2, -0.15) is 0 Å². The number of fused-ring (bicyclic) bond motifs is 1. The van der Waals surface area contributed by atoms with Crippen LogP contribution >= 0.6 is 11.6 Å². The maximum absolute atomic E-state index is 13.3. The number of hydrogen-bond acceptors (Lipinski definition) is 3. The molecule has 1 atom stereocenters. The fraction of sp³-hybridized carbons (Fsp3) is 0.211. The second kappa shape index (κ2) is 6.46. The number of aromatic nitrogens is 2. The minimum Gasteiger partial charge on any atom is -0.465 e. The SMILES string of the molecule is O=C(O)N1CCCC1c1nc2cccc(Cl)c2c(=O)n1-c1ccccc1. The summed E-state index contributed by atoms with van der Waals surface area (Å²) in [5.41, 5.74) is 0.819. The molecule has 0 saturated carbocycles. The molecular weight excluding hydrogens is 354 g/mol. The van der Waals surface area contributed by atoms with Crippen LogP contribution in [0.15, 0.2) is 53.3 Å². The van der Waals surface area contributed by atoms with Gasteiger partial charge in [0.25, 0.3) is 5.56 Å². The fourth-order valence-corrected chi connectivity index (χ4v) is 3.77. The van der Waals surface area contributed by atoms with E-state index in [1.54, 1.807) is 30.3 Å². The number of nitrogens with zero attached hydrogens (tertiary/aromatic N) is 3. The van der Waals surface area contributed by atoms with Crippen molar-refractivity contribution in [2.75, 3.05) is 6.54 Å². The Labute approximate surface area is 154 Å². The summed E-state index contributed by atoms with van der Waals surface area (Å²) in [5.74, 6) is 0.427. The lowest BCUT2D eigenvalue weighted by molar-refractivity contribution is 0.138. The summed E-state index contributed by atoms with van der Waals surface area (Å²) in [6, 6.07) is 13.8. The molecule has 2 heterocycles. The molecule has 0 radical (unpaired) electrons. The van der Waals surface area contributed by atoms with Crippen molar-refractivity contribution in [1.29, 1.82) is 0 Å². The van der Waals surface area contributed by atoms with Gasteiger partial charge in [-0.1, -0.05) is 35.9 Å². The fourth-order valence-electron chi connectivity index (χ4n) is 3.52. The van der Waals surface area contributed by atoms with Crippen molar-refractivity contribution < 1.29 is 9.90 Å². The van der Waals surface area contributed by atoms with Gasteiger partial charge in [0, 0.05) is 6.54 Å². The maximum Gasteiger partial charge on any atom is 0.407 e. The lowest BCUT2D eigenvalue weighted by Crippen LogP contribution is -2.34. The van der Waals surface area contributed by atoms with Crippen LogP contribution in [0.1, 0.15) is 24.7 Å². The Hall–Kier alpha value is -2.86. The molecule has 26 heavy (non-hydrogen) atoms. The van der Waals surface area contributed by atoms with Crippen molar-refractivity contribution in [1.82, 2.24) is 14.5 Å². The van der Waals surface area contributed by atoms with Gasteiger partial charge in [-0.05, 0) is 37.1 Å². The first kappa shape index (κ1) is 16.6. The predicted octanol–water partition coefficient (Wildman–Crippen LogP) is 3.85. The van der Waals surface area contributed by atoms with Crippen molar-refractivity contribution >= 4 is 28.6 Å². The standard InChI is InChI=1S/C19H16ClN3O3/c20-13-8-4-9-14-16(13)18(24)23(12-6-2-1-3-7-12)17(21-14)15-10-5-11-22(15)19(25)26/h1-4,6-9,15H,5,10-11H2,(H,25,26). The molecule has 132 valence electrons. The number of carbonyl (C=O) groups is 1. The number of para-hydroxylation sites is 1. The molecule has 4 rings (SSSR count). The third-order valence-electron chi connectivity index (χ3n) is 4.68. The topological polar surface area (TPSA) is 75.4 Å². The van der Waals surface area contributed by atoms with E-state index < -0.39 is 12.1 Å². The second-order valence-electron chi connectivity index (χ2n) is 6.21. The van der Waals surface area contributed by atoms with Crippen molar-refractivity contribution in [2.45, 2.75) is 18.9 Å². The Balaban J connectivity index is 2.05. The first-order valence-electron chi connectivity index (χ1n) is 8.34. The molecule has 1 fully saturated rings. The van der Waals surface area contributed by atoms with E-state index in [9.17, 15) is 14.7 Å². The van der Waals surface area contributed by atoms with Crippen LogP contribution < -0.4 is 5.56 Å². The highest BCUT2D eigenvalue weighted by atomic mass is 35.5. The van der Waals surface area contributed by atoms with Gasteiger partial charge in [-0.25, -0.2) is 9.78 Å². The highest BCUT2D eigenvalue weighted by Gasteiger charge is 2.34. The average Bonchev–Trinajstić information content (AvgIpc) is 3.12. The van der Waals surface area contributed by atoms with E-state index in [1.165, 1.54) is 9.47 Å². The van der Waals surface area contributed by atoms with Gasteiger partial charge in [0.1, 0.15) is 5.82 Å². The largest absolute Gasteiger partial charge is 0.465 e. The van der Waals surface area contributed by atoms with E-state index in [0.29, 0.717) is 40.4 Å². The van der Waals surface area contributed by atoms with Gasteiger partial charge in [0.15, 0.2) is 0 Å². The van der Waals surface area contributed by atoms with Crippen LogP contribution in [0.5, 0.6) is 0 Å². The predicted molar refractivity (Wildman–Crippen MR) is 99.1 cm³/mol. The molecule has 1 amide bonds. The van der Waals surface area contributed by atoms with E-state index in [0.717, 1.165) is 6.42 Å². The molecule has 0 spiro atoms. The molecule has 7 heteroatoms. The molecule has 6 nitrogen and oxygen atoms in total. The summed E-state index contributed by atoms with van der Waals surface area (Å²) < 4.78 is 1.49. The number of hydrogen-bond donors (Lipinski definition) is 1. The lowest BCUT2D eigenvalue weighted by atomic mass is 10.1. The molecule has 0 bridgehead atoms. The van der Waals surface area contributed by atoms with E-state index in [2.05, 4.69) is 4.98 Å². The number of amides is 1. The van der Waals surface area contributed by atoms with E-state index in [-0.39, 0.29) is 5.56 Å². The van der Waals surface area contributed by atoms with Crippen molar-refractivity contribution in [3.8, 4) is 5.69 Å². The summed E-state index contributed by atoms with van der Waals surface area (Å²) >= 11 is 6.26. The maximum atomic E-state index is 13.3. The van der Waals surface area contributed by atoms with Gasteiger partial charge in [-0.15, -0.1) is 0 Å². The van der Waals surface area contributed by atoms with Gasteiger partial charge >= 0.3 is 6.09 Å². The third-order valence-corrected chi connectivity index (χ3v) is 5.00. The molecule has 1 unspecified atom stereocenters. The average molecular weight is 370 g/mol. The minimum atomic E-state index is -1.01. The van der Waals surface area contributed by atoms with Crippen molar-refractivity contribution in [3.63, 3.8) is 0 Å². The first-order valence-corrected chi connectivity index (χ1v) is 8.72. The third kappa shape index (κ3) is 2.63. The van der Waals surface area contributed by atoms with Crippen LogP contribution in [0.25, 0.3) is 16.6 Å². The van der Waals surface area contributed by atoms with E-state index in [4.69, 9.17) is 11.6 Å². The smallest absolute Gasteiger partial charge is 0.407 e. The van der Waals surface area contributed by atoms with Gasteiger partial charge in [0.2, 0.25) is 0 Å². The minimum absolute atomic E-state index is 0.293. The summed E-state index contributed by atoms with van der Waals surface area (Å²) in [4.78, 5) is 30.9. The molecule has 0 aliphatic carbocycles. The molecule has 1 aliphatic heterocycles. The summed E-state index contributed by atoms with van der Waals surface area (Å²) in [6.45, 7) is 0.429. The van der Waals surface area contributed by atoms with Crippen LogP contribution in [0.4, 0.5) is 4.79 Å². The molecule has 3 aromatic rings. The van der Waals surface area contributed by atoms with E-state index >= 15 is 0 Å². The Morgan fingerprint density at radius 1 is 1.15 bits per heavy atom. The van der Waals surface area contributed by atoms with Crippen LogP contribution in [0.2, 0.25) is 5.02 Å². The van der Waals surface area contributed by atoms with Crippen LogP contribution in [-0.4, -0.2) is 32.2 Å².